The molecule has 0 bridgehead atoms. The van der Waals surface area contributed by atoms with Crippen molar-refractivity contribution < 1.29 is 9.47 Å². The van der Waals surface area contributed by atoms with E-state index in [2.05, 4.69) is 34.7 Å². The molecule has 0 fully saturated rings. The van der Waals surface area contributed by atoms with E-state index in [0.717, 1.165) is 43.1 Å². The molecule has 136 valence electrons. The standard InChI is InChI=1S/C21H25N3O2/c1-25-20-14-18(16-22-10-6-12-24-13-7-11-23-24)19(15-21(20)26-2)17-8-4-3-5-9-17/h3-5,7-9,11,13-15,22H,6,10,12,16H2,1-2H3. The fraction of sp³-hybridized carbons (Fsp3) is 0.286. The molecule has 3 aromatic rings. The van der Waals surface area contributed by atoms with Crippen LogP contribution >= 0.6 is 0 Å². The van der Waals surface area contributed by atoms with Crippen molar-refractivity contribution in [1.82, 2.24) is 15.1 Å². The Bertz CT molecular complexity index is 802. The Labute approximate surface area is 154 Å². The fourth-order valence-corrected chi connectivity index (χ4v) is 2.98. The zero-order chi connectivity index (χ0) is 18.2. The fourth-order valence-electron chi connectivity index (χ4n) is 2.98. The largest absolute Gasteiger partial charge is 0.493 e. The molecule has 1 heterocycles. The Hall–Kier alpha value is -2.79. The summed E-state index contributed by atoms with van der Waals surface area (Å²) >= 11 is 0. The number of hydrogen-bond donors (Lipinski definition) is 1. The van der Waals surface area contributed by atoms with E-state index in [0.29, 0.717) is 0 Å². The Morgan fingerprint density at radius 2 is 1.77 bits per heavy atom. The molecule has 1 aromatic heterocycles. The summed E-state index contributed by atoms with van der Waals surface area (Å²) in [5.74, 6) is 1.49. The summed E-state index contributed by atoms with van der Waals surface area (Å²) in [5, 5.41) is 7.75. The molecule has 0 aliphatic carbocycles. The molecule has 0 saturated carbocycles. The summed E-state index contributed by atoms with van der Waals surface area (Å²) in [7, 11) is 3.33. The van der Waals surface area contributed by atoms with Crippen LogP contribution in [0.4, 0.5) is 0 Å². The van der Waals surface area contributed by atoms with E-state index in [1.165, 1.54) is 11.1 Å². The molecule has 26 heavy (non-hydrogen) atoms. The van der Waals surface area contributed by atoms with Gasteiger partial charge in [0.2, 0.25) is 0 Å². The Morgan fingerprint density at radius 3 is 2.46 bits per heavy atom. The van der Waals surface area contributed by atoms with Gasteiger partial charge in [0.05, 0.1) is 14.2 Å². The maximum atomic E-state index is 5.48. The van der Waals surface area contributed by atoms with Crippen molar-refractivity contribution in [3.05, 3.63) is 66.5 Å². The first-order chi connectivity index (χ1) is 12.8. The van der Waals surface area contributed by atoms with Gasteiger partial charge in [0.15, 0.2) is 11.5 Å². The molecule has 2 aromatic carbocycles. The van der Waals surface area contributed by atoms with E-state index in [-0.39, 0.29) is 0 Å². The van der Waals surface area contributed by atoms with Gasteiger partial charge in [-0.3, -0.25) is 4.68 Å². The summed E-state index contributed by atoms with van der Waals surface area (Å²) < 4.78 is 12.9. The number of aromatic nitrogens is 2. The summed E-state index contributed by atoms with van der Waals surface area (Å²) in [6.45, 7) is 2.60. The summed E-state index contributed by atoms with van der Waals surface area (Å²) in [6.07, 6.45) is 4.82. The van der Waals surface area contributed by atoms with Crippen LogP contribution in [0.5, 0.6) is 11.5 Å². The van der Waals surface area contributed by atoms with Crippen LogP contribution in [-0.2, 0) is 13.1 Å². The number of nitrogens with zero attached hydrogens (tertiary/aromatic N) is 2. The summed E-state index contributed by atoms with van der Waals surface area (Å²) in [4.78, 5) is 0. The topological polar surface area (TPSA) is 48.3 Å². The van der Waals surface area contributed by atoms with Crippen molar-refractivity contribution >= 4 is 0 Å². The van der Waals surface area contributed by atoms with Crippen LogP contribution in [0.25, 0.3) is 11.1 Å². The lowest BCUT2D eigenvalue weighted by Crippen LogP contribution is -2.17. The van der Waals surface area contributed by atoms with Crippen molar-refractivity contribution in [1.29, 1.82) is 0 Å². The van der Waals surface area contributed by atoms with Gasteiger partial charge in [-0.2, -0.15) is 5.10 Å². The number of rotatable bonds is 9. The molecule has 0 atom stereocenters. The Kier molecular flexibility index (Phi) is 6.28. The molecule has 5 nitrogen and oxygen atoms in total. The van der Waals surface area contributed by atoms with Crippen LogP contribution in [0, 0.1) is 0 Å². The minimum Gasteiger partial charge on any atom is -0.493 e. The second-order valence-corrected chi connectivity index (χ2v) is 6.03. The zero-order valence-electron chi connectivity index (χ0n) is 15.3. The maximum absolute atomic E-state index is 5.48. The van der Waals surface area contributed by atoms with Crippen LogP contribution in [0.2, 0.25) is 0 Å². The van der Waals surface area contributed by atoms with Crippen molar-refractivity contribution in [3.63, 3.8) is 0 Å². The average molecular weight is 351 g/mol. The van der Waals surface area contributed by atoms with Crippen molar-refractivity contribution in [3.8, 4) is 22.6 Å². The van der Waals surface area contributed by atoms with Gasteiger partial charge >= 0.3 is 0 Å². The number of methoxy groups -OCH3 is 2. The van der Waals surface area contributed by atoms with Crippen LogP contribution in [0.3, 0.4) is 0 Å². The smallest absolute Gasteiger partial charge is 0.161 e. The first-order valence-electron chi connectivity index (χ1n) is 8.80. The minimum atomic E-state index is 0.744. The first kappa shape index (κ1) is 18.0. The molecule has 3 rings (SSSR count). The number of aryl methyl sites for hydroxylation is 1. The third kappa shape index (κ3) is 4.43. The van der Waals surface area contributed by atoms with Gasteiger partial charge in [-0.25, -0.2) is 0 Å². The van der Waals surface area contributed by atoms with Crippen molar-refractivity contribution in [2.45, 2.75) is 19.5 Å². The lowest BCUT2D eigenvalue weighted by Gasteiger charge is -2.16. The van der Waals surface area contributed by atoms with E-state index >= 15 is 0 Å². The molecule has 0 aliphatic heterocycles. The van der Waals surface area contributed by atoms with Gasteiger partial charge in [-0.15, -0.1) is 0 Å². The van der Waals surface area contributed by atoms with E-state index in [9.17, 15) is 0 Å². The van der Waals surface area contributed by atoms with Gasteiger partial charge in [0.25, 0.3) is 0 Å². The minimum absolute atomic E-state index is 0.744. The van der Waals surface area contributed by atoms with Gasteiger partial charge in [-0.1, -0.05) is 30.3 Å². The normalized spacial score (nSPS) is 10.7. The number of hydrogen-bond acceptors (Lipinski definition) is 4. The van der Waals surface area contributed by atoms with Crippen molar-refractivity contribution in [2.75, 3.05) is 20.8 Å². The van der Waals surface area contributed by atoms with E-state index in [1.54, 1.807) is 14.2 Å². The second kappa shape index (κ2) is 9.06. The summed E-state index contributed by atoms with van der Waals surface area (Å²) in [5.41, 5.74) is 3.51. The lowest BCUT2D eigenvalue weighted by atomic mass is 9.98. The number of nitrogens with one attached hydrogen (secondary N) is 1. The molecular weight excluding hydrogens is 326 g/mol. The van der Waals surface area contributed by atoms with Gasteiger partial charge < -0.3 is 14.8 Å². The van der Waals surface area contributed by atoms with E-state index in [1.807, 2.05) is 41.3 Å². The van der Waals surface area contributed by atoms with Gasteiger partial charge in [0, 0.05) is 25.5 Å². The number of benzene rings is 2. The van der Waals surface area contributed by atoms with Crippen molar-refractivity contribution in [2.24, 2.45) is 0 Å². The highest BCUT2D eigenvalue weighted by Gasteiger charge is 2.12. The molecule has 1 N–H and O–H groups in total. The monoisotopic (exact) mass is 351 g/mol. The van der Waals surface area contributed by atoms with Crippen LogP contribution < -0.4 is 14.8 Å². The number of ether oxygens (including phenoxy) is 2. The SMILES string of the molecule is COc1cc(CNCCCn2cccn2)c(-c2ccccc2)cc1OC. The summed E-state index contributed by atoms with van der Waals surface area (Å²) in [6, 6.07) is 16.4. The molecule has 0 unspecified atom stereocenters. The highest BCUT2D eigenvalue weighted by molar-refractivity contribution is 5.71. The van der Waals surface area contributed by atoms with Gasteiger partial charge in [-0.05, 0) is 47.9 Å². The Balaban J connectivity index is 1.71. The predicted molar refractivity (Wildman–Crippen MR) is 104 cm³/mol. The van der Waals surface area contributed by atoms with Gasteiger partial charge in [0.1, 0.15) is 0 Å². The third-order valence-electron chi connectivity index (χ3n) is 4.31. The van der Waals surface area contributed by atoms with Crippen LogP contribution in [0.1, 0.15) is 12.0 Å². The van der Waals surface area contributed by atoms with Crippen LogP contribution in [0.15, 0.2) is 60.9 Å². The first-order valence-corrected chi connectivity index (χ1v) is 8.80. The molecule has 0 spiro atoms. The molecule has 0 radical (unpaired) electrons. The molecule has 0 amide bonds. The molecule has 5 heteroatoms. The Morgan fingerprint density at radius 1 is 1.00 bits per heavy atom. The molecular formula is C21H25N3O2. The zero-order valence-corrected chi connectivity index (χ0v) is 15.3. The average Bonchev–Trinajstić information content (AvgIpc) is 3.21. The van der Waals surface area contributed by atoms with E-state index < -0.39 is 0 Å². The lowest BCUT2D eigenvalue weighted by molar-refractivity contribution is 0.354. The second-order valence-electron chi connectivity index (χ2n) is 6.03. The van der Waals surface area contributed by atoms with E-state index in [4.69, 9.17) is 9.47 Å². The molecule has 0 saturated heterocycles. The predicted octanol–water partition coefficient (Wildman–Crippen LogP) is 3.75. The quantitative estimate of drug-likeness (QED) is 0.597. The third-order valence-corrected chi connectivity index (χ3v) is 4.31. The molecule has 0 aliphatic rings. The maximum Gasteiger partial charge on any atom is 0.161 e. The highest BCUT2D eigenvalue weighted by Crippen LogP contribution is 2.35. The highest BCUT2D eigenvalue weighted by atomic mass is 16.5. The van der Waals surface area contributed by atoms with Crippen LogP contribution in [-0.4, -0.2) is 30.5 Å².